The highest BCUT2D eigenvalue weighted by Gasteiger charge is 2.26. The highest BCUT2D eigenvalue weighted by Crippen LogP contribution is 2.31. The minimum absolute atomic E-state index is 0.0402. The van der Waals surface area contributed by atoms with Crippen molar-refractivity contribution < 1.29 is 13.9 Å². The SMILES string of the molecule is Cc1c(C(=O)OC(C)(C)C)nc(-c2cccs2)n1-c1ccc(C#N)c(F)c1. The first kappa shape index (κ1) is 18.8. The van der Waals surface area contributed by atoms with Crippen molar-refractivity contribution in [3.8, 4) is 22.5 Å². The van der Waals surface area contributed by atoms with Gasteiger partial charge in [-0.3, -0.25) is 4.57 Å². The van der Waals surface area contributed by atoms with Crippen LogP contribution >= 0.6 is 11.3 Å². The van der Waals surface area contributed by atoms with Gasteiger partial charge in [0.1, 0.15) is 17.5 Å². The number of hydrogen-bond acceptors (Lipinski definition) is 5. The van der Waals surface area contributed by atoms with Gasteiger partial charge in [-0.1, -0.05) is 6.07 Å². The molecule has 0 aliphatic heterocycles. The van der Waals surface area contributed by atoms with Crippen LogP contribution in [0.3, 0.4) is 0 Å². The van der Waals surface area contributed by atoms with E-state index in [4.69, 9.17) is 10.00 Å². The fraction of sp³-hybridized carbons (Fsp3) is 0.250. The van der Waals surface area contributed by atoms with E-state index in [-0.39, 0.29) is 11.3 Å². The van der Waals surface area contributed by atoms with Gasteiger partial charge in [0.05, 0.1) is 21.8 Å². The molecular weight excluding hydrogens is 365 g/mol. The molecule has 0 aliphatic carbocycles. The Morgan fingerprint density at radius 1 is 1.33 bits per heavy atom. The summed E-state index contributed by atoms with van der Waals surface area (Å²) in [5.41, 5.74) is 0.503. The van der Waals surface area contributed by atoms with Crippen LogP contribution in [0.5, 0.6) is 0 Å². The van der Waals surface area contributed by atoms with Crippen molar-refractivity contribution in [2.75, 3.05) is 0 Å². The average molecular weight is 383 g/mol. The lowest BCUT2D eigenvalue weighted by atomic mass is 10.2. The Morgan fingerprint density at radius 3 is 2.63 bits per heavy atom. The van der Waals surface area contributed by atoms with E-state index in [0.717, 1.165) is 4.88 Å². The minimum atomic E-state index is -0.656. The molecule has 0 unspecified atom stereocenters. The van der Waals surface area contributed by atoms with Gasteiger partial charge >= 0.3 is 5.97 Å². The van der Waals surface area contributed by atoms with Gasteiger partial charge in [-0.2, -0.15) is 5.26 Å². The maximum absolute atomic E-state index is 14.2. The van der Waals surface area contributed by atoms with E-state index >= 15 is 0 Å². The van der Waals surface area contributed by atoms with E-state index in [1.165, 1.54) is 23.5 Å². The lowest BCUT2D eigenvalue weighted by molar-refractivity contribution is 0.00626. The van der Waals surface area contributed by atoms with Gasteiger partial charge in [-0.15, -0.1) is 11.3 Å². The Labute approximate surface area is 160 Å². The molecule has 0 atom stereocenters. The molecule has 2 aromatic heterocycles. The molecule has 0 saturated heterocycles. The number of benzene rings is 1. The molecule has 5 nitrogen and oxygen atoms in total. The molecule has 2 heterocycles. The number of esters is 1. The van der Waals surface area contributed by atoms with Crippen LogP contribution in [0.1, 0.15) is 42.5 Å². The molecular formula is C20H18FN3O2S. The summed E-state index contributed by atoms with van der Waals surface area (Å²) in [6, 6.07) is 9.87. The molecule has 0 fully saturated rings. The Balaban J connectivity index is 2.19. The lowest BCUT2D eigenvalue weighted by Crippen LogP contribution is -2.24. The average Bonchev–Trinajstić information content (AvgIpc) is 3.20. The molecule has 0 N–H and O–H groups in total. The van der Waals surface area contributed by atoms with E-state index in [1.807, 2.05) is 23.6 Å². The van der Waals surface area contributed by atoms with Gasteiger partial charge in [0.25, 0.3) is 0 Å². The van der Waals surface area contributed by atoms with Crippen molar-refractivity contribution in [3.05, 3.63) is 58.5 Å². The second-order valence-corrected chi connectivity index (χ2v) is 7.91. The number of nitrogens with zero attached hydrogens (tertiary/aromatic N) is 3. The normalized spacial score (nSPS) is 11.3. The first-order valence-corrected chi connectivity index (χ1v) is 9.16. The predicted octanol–water partition coefficient (Wildman–Crippen LogP) is 4.88. The quantitative estimate of drug-likeness (QED) is 0.605. The van der Waals surface area contributed by atoms with E-state index in [1.54, 1.807) is 38.3 Å². The molecule has 0 amide bonds. The summed E-state index contributed by atoms with van der Waals surface area (Å²) in [5, 5.41) is 10.9. The number of hydrogen-bond donors (Lipinski definition) is 0. The summed E-state index contributed by atoms with van der Waals surface area (Å²) in [4.78, 5) is 17.9. The first-order valence-electron chi connectivity index (χ1n) is 8.28. The molecule has 0 saturated carbocycles. The Morgan fingerprint density at radius 2 is 2.07 bits per heavy atom. The molecule has 0 radical (unpaired) electrons. The number of imidazole rings is 1. The summed E-state index contributed by atoms with van der Waals surface area (Å²) in [7, 11) is 0. The number of aromatic nitrogens is 2. The van der Waals surface area contributed by atoms with Gasteiger partial charge in [0.2, 0.25) is 0 Å². The molecule has 27 heavy (non-hydrogen) atoms. The smallest absolute Gasteiger partial charge is 0.359 e. The number of halogens is 1. The van der Waals surface area contributed by atoms with Crippen LogP contribution in [0, 0.1) is 24.1 Å². The predicted molar refractivity (Wildman–Crippen MR) is 101 cm³/mol. The Bertz CT molecular complexity index is 1040. The summed E-state index contributed by atoms with van der Waals surface area (Å²) in [5.74, 6) is -0.641. The number of thiophene rings is 1. The number of carbonyl (C=O) groups is 1. The highest BCUT2D eigenvalue weighted by atomic mass is 32.1. The van der Waals surface area contributed by atoms with Crippen LogP contribution in [0.4, 0.5) is 4.39 Å². The maximum atomic E-state index is 14.2. The second kappa shape index (κ2) is 6.97. The third kappa shape index (κ3) is 3.76. The van der Waals surface area contributed by atoms with E-state index in [2.05, 4.69) is 4.98 Å². The van der Waals surface area contributed by atoms with E-state index in [9.17, 15) is 9.18 Å². The van der Waals surface area contributed by atoms with Gasteiger partial charge in [0.15, 0.2) is 11.5 Å². The topological polar surface area (TPSA) is 67.9 Å². The Kier molecular flexibility index (Phi) is 4.85. The Hall–Kier alpha value is -2.98. The second-order valence-electron chi connectivity index (χ2n) is 6.96. The molecule has 7 heteroatoms. The van der Waals surface area contributed by atoms with Crippen LogP contribution in [0.15, 0.2) is 35.7 Å². The van der Waals surface area contributed by atoms with Crippen molar-refractivity contribution in [2.24, 2.45) is 0 Å². The van der Waals surface area contributed by atoms with Crippen LogP contribution in [0.2, 0.25) is 0 Å². The number of rotatable bonds is 3. The molecule has 138 valence electrons. The molecule has 3 aromatic rings. The zero-order valence-corrected chi connectivity index (χ0v) is 16.2. The summed E-state index contributed by atoms with van der Waals surface area (Å²) in [6.07, 6.45) is 0. The monoisotopic (exact) mass is 383 g/mol. The molecule has 0 bridgehead atoms. The van der Waals surface area contributed by atoms with Crippen molar-refractivity contribution in [1.82, 2.24) is 9.55 Å². The van der Waals surface area contributed by atoms with Gasteiger partial charge < -0.3 is 4.74 Å². The first-order chi connectivity index (χ1) is 12.7. The summed E-state index contributed by atoms with van der Waals surface area (Å²) >= 11 is 1.46. The van der Waals surface area contributed by atoms with Crippen LogP contribution in [0.25, 0.3) is 16.4 Å². The maximum Gasteiger partial charge on any atom is 0.359 e. The standard InChI is InChI=1S/C20H18FN3O2S/c1-12-17(19(25)26-20(2,3)4)23-18(16-6-5-9-27-16)24(12)14-8-7-13(11-22)15(21)10-14/h5-10H,1-4H3. The lowest BCUT2D eigenvalue weighted by Gasteiger charge is -2.18. The highest BCUT2D eigenvalue weighted by molar-refractivity contribution is 7.13. The van der Waals surface area contributed by atoms with Crippen molar-refractivity contribution in [3.63, 3.8) is 0 Å². The summed E-state index contributed by atoms with van der Waals surface area (Å²) in [6.45, 7) is 7.09. The molecule has 0 aliphatic rings. The molecule has 3 rings (SSSR count). The number of nitriles is 1. The van der Waals surface area contributed by atoms with E-state index < -0.39 is 17.4 Å². The zero-order chi connectivity index (χ0) is 19.8. The molecule has 0 spiro atoms. The fourth-order valence-electron chi connectivity index (χ4n) is 2.64. The number of carbonyl (C=O) groups excluding carboxylic acids is 1. The largest absolute Gasteiger partial charge is 0.455 e. The van der Waals surface area contributed by atoms with Crippen molar-refractivity contribution in [2.45, 2.75) is 33.3 Å². The van der Waals surface area contributed by atoms with Crippen LogP contribution in [-0.4, -0.2) is 21.1 Å². The molecule has 1 aromatic carbocycles. The van der Waals surface area contributed by atoms with E-state index in [0.29, 0.717) is 17.2 Å². The third-order valence-corrected chi connectivity index (χ3v) is 4.64. The minimum Gasteiger partial charge on any atom is -0.455 e. The fourth-order valence-corrected chi connectivity index (χ4v) is 3.35. The van der Waals surface area contributed by atoms with Gasteiger partial charge in [-0.25, -0.2) is 14.2 Å². The van der Waals surface area contributed by atoms with Crippen LogP contribution in [-0.2, 0) is 4.74 Å². The summed E-state index contributed by atoms with van der Waals surface area (Å²) < 4.78 is 21.3. The van der Waals surface area contributed by atoms with Gasteiger partial charge in [0, 0.05) is 0 Å². The zero-order valence-electron chi connectivity index (χ0n) is 15.4. The third-order valence-electron chi connectivity index (χ3n) is 3.77. The van der Waals surface area contributed by atoms with Crippen molar-refractivity contribution in [1.29, 1.82) is 5.26 Å². The number of ether oxygens (including phenoxy) is 1. The van der Waals surface area contributed by atoms with Gasteiger partial charge in [-0.05, 0) is 57.3 Å². The van der Waals surface area contributed by atoms with Crippen LogP contribution < -0.4 is 0 Å². The van der Waals surface area contributed by atoms with Crippen molar-refractivity contribution >= 4 is 17.3 Å².